The first kappa shape index (κ1) is 16.0. The van der Waals surface area contributed by atoms with Crippen LogP contribution in [-0.4, -0.2) is 50.4 Å². The molecular weight excluding hydrogens is 342 g/mol. The summed E-state index contributed by atoms with van der Waals surface area (Å²) in [5, 5.41) is 10.2. The van der Waals surface area contributed by atoms with Crippen molar-refractivity contribution in [1.82, 2.24) is 24.8 Å². The van der Waals surface area contributed by atoms with Crippen molar-refractivity contribution in [3.8, 4) is 10.7 Å². The summed E-state index contributed by atoms with van der Waals surface area (Å²) in [6.45, 7) is 4.00. The molecule has 3 aromatic rings. The number of rotatable bonds is 4. The molecule has 8 nitrogen and oxygen atoms in total. The van der Waals surface area contributed by atoms with Crippen LogP contribution in [0.4, 0.5) is 0 Å². The average Bonchev–Trinajstić information content (AvgIpc) is 3.41. The molecule has 0 aliphatic carbocycles. The maximum atomic E-state index is 12.6. The Labute approximate surface area is 148 Å². The van der Waals surface area contributed by atoms with Crippen molar-refractivity contribution in [2.75, 3.05) is 19.7 Å². The predicted molar refractivity (Wildman–Crippen MR) is 90.1 cm³/mol. The van der Waals surface area contributed by atoms with Crippen LogP contribution >= 0.6 is 11.3 Å². The molecule has 0 aromatic carbocycles. The number of ether oxygens (including phenoxy) is 1. The van der Waals surface area contributed by atoms with Crippen molar-refractivity contribution >= 4 is 17.2 Å². The van der Waals surface area contributed by atoms with Crippen LogP contribution in [0, 0.1) is 0 Å². The molecule has 1 aliphatic rings. The molecule has 0 saturated carbocycles. The molecule has 0 radical (unpaired) electrons. The second-order valence-electron chi connectivity index (χ2n) is 5.60. The van der Waals surface area contributed by atoms with Crippen LogP contribution in [0.25, 0.3) is 10.7 Å². The summed E-state index contributed by atoms with van der Waals surface area (Å²) in [5.74, 6) is 0.817. The van der Waals surface area contributed by atoms with E-state index in [1.807, 2.05) is 24.4 Å². The fourth-order valence-corrected chi connectivity index (χ4v) is 3.32. The molecule has 25 heavy (non-hydrogen) atoms. The Morgan fingerprint density at radius 2 is 2.36 bits per heavy atom. The number of hydrogen-bond donors (Lipinski definition) is 0. The third-order valence-electron chi connectivity index (χ3n) is 4.00. The summed E-state index contributed by atoms with van der Waals surface area (Å²) in [5.41, 5.74) is 0.437. The Kier molecular flexibility index (Phi) is 4.33. The maximum absolute atomic E-state index is 12.6. The molecule has 1 aliphatic heterocycles. The van der Waals surface area contributed by atoms with Crippen LogP contribution in [0.5, 0.6) is 0 Å². The summed E-state index contributed by atoms with van der Waals surface area (Å²) >= 11 is 1.54. The Morgan fingerprint density at radius 3 is 3.12 bits per heavy atom. The first-order valence-electron chi connectivity index (χ1n) is 8.06. The fraction of sp³-hybridized carbons (Fsp3) is 0.375. The van der Waals surface area contributed by atoms with Crippen molar-refractivity contribution < 1.29 is 14.1 Å². The molecule has 1 saturated heterocycles. The van der Waals surface area contributed by atoms with Gasteiger partial charge in [-0.25, -0.2) is 0 Å². The van der Waals surface area contributed by atoms with Crippen LogP contribution < -0.4 is 0 Å². The van der Waals surface area contributed by atoms with E-state index in [4.69, 9.17) is 9.26 Å². The molecule has 9 heteroatoms. The highest BCUT2D eigenvalue weighted by Crippen LogP contribution is 2.26. The second kappa shape index (κ2) is 6.77. The minimum Gasteiger partial charge on any atom is -0.365 e. The molecule has 4 rings (SSSR count). The maximum Gasteiger partial charge on any atom is 0.274 e. The quantitative estimate of drug-likeness (QED) is 0.710. The lowest BCUT2D eigenvalue weighted by atomic mass is 10.2. The average molecular weight is 359 g/mol. The third-order valence-corrected chi connectivity index (χ3v) is 4.86. The molecule has 0 unspecified atom stereocenters. The second-order valence-corrected chi connectivity index (χ2v) is 6.55. The van der Waals surface area contributed by atoms with Gasteiger partial charge in [-0.3, -0.25) is 9.48 Å². The van der Waals surface area contributed by atoms with Gasteiger partial charge < -0.3 is 14.2 Å². The zero-order valence-electron chi connectivity index (χ0n) is 13.7. The monoisotopic (exact) mass is 359 g/mol. The number of nitrogens with zero attached hydrogens (tertiary/aromatic N) is 5. The molecule has 3 aromatic heterocycles. The van der Waals surface area contributed by atoms with Crippen molar-refractivity contribution in [3.05, 3.63) is 41.4 Å². The first-order valence-corrected chi connectivity index (χ1v) is 8.94. The highest BCUT2D eigenvalue weighted by atomic mass is 32.1. The van der Waals surface area contributed by atoms with Crippen LogP contribution in [0.3, 0.4) is 0 Å². The zero-order chi connectivity index (χ0) is 17.2. The van der Waals surface area contributed by atoms with Gasteiger partial charge in [-0.1, -0.05) is 11.2 Å². The van der Waals surface area contributed by atoms with E-state index in [-0.39, 0.29) is 5.91 Å². The number of carbonyl (C=O) groups is 1. The number of aromatic nitrogens is 4. The van der Waals surface area contributed by atoms with Crippen molar-refractivity contribution in [2.24, 2.45) is 0 Å². The highest BCUT2D eigenvalue weighted by molar-refractivity contribution is 7.13. The third kappa shape index (κ3) is 3.20. The lowest BCUT2D eigenvalue weighted by Crippen LogP contribution is -2.42. The molecular formula is C16H17N5O3S. The largest absolute Gasteiger partial charge is 0.365 e. The van der Waals surface area contributed by atoms with Gasteiger partial charge in [-0.05, 0) is 24.4 Å². The van der Waals surface area contributed by atoms with E-state index in [1.165, 1.54) is 0 Å². The topological polar surface area (TPSA) is 86.3 Å². The molecule has 1 fully saturated rings. The van der Waals surface area contributed by atoms with E-state index < -0.39 is 6.10 Å². The van der Waals surface area contributed by atoms with E-state index in [0.717, 1.165) is 11.4 Å². The van der Waals surface area contributed by atoms with E-state index in [0.29, 0.717) is 37.1 Å². The summed E-state index contributed by atoms with van der Waals surface area (Å²) < 4.78 is 12.8. The fourth-order valence-electron chi connectivity index (χ4n) is 2.67. The van der Waals surface area contributed by atoms with Crippen molar-refractivity contribution in [3.63, 3.8) is 0 Å². The van der Waals surface area contributed by atoms with Crippen LogP contribution in [-0.2, 0) is 11.3 Å². The highest BCUT2D eigenvalue weighted by Gasteiger charge is 2.30. The minimum absolute atomic E-state index is 0.113. The van der Waals surface area contributed by atoms with E-state index in [2.05, 4.69) is 15.2 Å². The van der Waals surface area contributed by atoms with E-state index in [9.17, 15) is 4.79 Å². The Morgan fingerprint density at radius 1 is 1.44 bits per heavy atom. The summed E-state index contributed by atoms with van der Waals surface area (Å²) in [7, 11) is 0. The predicted octanol–water partition coefficient (Wildman–Crippen LogP) is 2.23. The van der Waals surface area contributed by atoms with Crippen LogP contribution in [0.1, 0.15) is 29.4 Å². The lowest BCUT2D eigenvalue weighted by Gasteiger charge is -2.30. The van der Waals surface area contributed by atoms with Gasteiger partial charge in [-0.2, -0.15) is 10.1 Å². The van der Waals surface area contributed by atoms with Gasteiger partial charge in [0.1, 0.15) is 5.69 Å². The van der Waals surface area contributed by atoms with Gasteiger partial charge in [-0.15, -0.1) is 11.3 Å². The molecule has 1 amide bonds. The Hall–Kier alpha value is -2.52. The minimum atomic E-state index is -0.424. The van der Waals surface area contributed by atoms with Crippen molar-refractivity contribution in [2.45, 2.75) is 19.6 Å². The first-order chi connectivity index (χ1) is 12.2. The molecule has 0 N–H and O–H groups in total. The summed E-state index contributed by atoms with van der Waals surface area (Å²) in [4.78, 5) is 19.7. The number of carbonyl (C=O) groups excluding carboxylic acids is 1. The number of hydrogen-bond acceptors (Lipinski definition) is 7. The Balaban J connectivity index is 1.48. The molecule has 4 heterocycles. The van der Waals surface area contributed by atoms with Crippen LogP contribution in [0.2, 0.25) is 0 Å². The molecule has 130 valence electrons. The van der Waals surface area contributed by atoms with E-state index >= 15 is 0 Å². The molecule has 0 bridgehead atoms. The normalized spacial score (nSPS) is 17.8. The van der Waals surface area contributed by atoms with Gasteiger partial charge in [0.25, 0.3) is 11.8 Å². The lowest BCUT2D eigenvalue weighted by molar-refractivity contribution is -0.0369. The zero-order valence-corrected chi connectivity index (χ0v) is 14.5. The van der Waals surface area contributed by atoms with Gasteiger partial charge in [0.15, 0.2) is 6.10 Å². The summed E-state index contributed by atoms with van der Waals surface area (Å²) in [6, 6.07) is 5.60. The van der Waals surface area contributed by atoms with Crippen LogP contribution in [0.15, 0.2) is 34.3 Å². The number of amides is 1. The number of morpholine rings is 1. The summed E-state index contributed by atoms with van der Waals surface area (Å²) in [6.07, 6.45) is 1.38. The van der Waals surface area contributed by atoms with Gasteiger partial charge in [0, 0.05) is 19.3 Å². The van der Waals surface area contributed by atoms with E-state index in [1.54, 1.807) is 33.2 Å². The molecule has 1 atom stereocenters. The smallest absolute Gasteiger partial charge is 0.274 e. The Bertz CT molecular complexity index is 857. The number of thiophene rings is 1. The number of aryl methyl sites for hydroxylation is 1. The molecule has 0 spiro atoms. The van der Waals surface area contributed by atoms with Gasteiger partial charge >= 0.3 is 0 Å². The SMILES string of the molecule is CCn1ccc(C(=O)N2CCO[C@@H](c3nc(-c4cccs4)no3)C2)n1. The standard InChI is InChI=1S/C16H17N5O3S/c1-2-21-6-5-11(18-21)16(22)20-7-8-23-12(10-20)15-17-14(19-24-15)13-4-3-9-25-13/h3-6,9,12H,2,7-8,10H2,1H3/t12-/m1/s1. The van der Waals surface area contributed by atoms with Gasteiger partial charge in [0.2, 0.25) is 5.82 Å². The van der Waals surface area contributed by atoms with Crippen molar-refractivity contribution in [1.29, 1.82) is 0 Å². The van der Waals surface area contributed by atoms with Gasteiger partial charge in [0.05, 0.1) is 18.0 Å².